The van der Waals surface area contributed by atoms with Gasteiger partial charge in [-0.15, -0.1) is 0 Å². The highest BCUT2D eigenvalue weighted by atomic mass is 19.1. The van der Waals surface area contributed by atoms with Crippen LogP contribution in [0.5, 0.6) is 11.5 Å². The number of aliphatic hydroxyl groups excluding tert-OH is 2. The first kappa shape index (κ1) is 27.0. The van der Waals surface area contributed by atoms with E-state index in [9.17, 15) is 19.0 Å². The lowest BCUT2D eigenvalue weighted by Crippen LogP contribution is -2.33. The van der Waals surface area contributed by atoms with Crippen molar-refractivity contribution in [3.63, 3.8) is 0 Å². The summed E-state index contributed by atoms with van der Waals surface area (Å²) in [5.41, 5.74) is 2.09. The Labute approximate surface area is 232 Å². The summed E-state index contributed by atoms with van der Waals surface area (Å²) in [6, 6.07) is 10.5. The number of nitrogens with zero attached hydrogens (tertiary/aromatic N) is 2. The molecule has 0 saturated carbocycles. The smallest absolute Gasteiger partial charge is 0.199 e. The summed E-state index contributed by atoms with van der Waals surface area (Å²) in [7, 11) is 1.83. The number of aliphatic hydroxyl groups is 2. The highest BCUT2D eigenvalue weighted by molar-refractivity contribution is 5.82. The molecule has 1 aliphatic heterocycles. The van der Waals surface area contributed by atoms with Crippen LogP contribution in [0.1, 0.15) is 28.6 Å². The van der Waals surface area contributed by atoms with Gasteiger partial charge in [0, 0.05) is 48.3 Å². The van der Waals surface area contributed by atoms with Crippen molar-refractivity contribution < 1.29 is 32.5 Å². The highest BCUT2D eigenvalue weighted by Gasteiger charge is 2.33. The zero-order chi connectivity index (χ0) is 28.8. The second-order valence-electron chi connectivity index (χ2n) is 10.1. The number of imidazole rings is 1. The number of aromatic amines is 2. The molecule has 0 fully saturated rings. The van der Waals surface area contributed by atoms with Crippen molar-refractivity contribution in [1.29, 1.82) is 0 Å². The van der Waals surface area contributed by atoms with Crippen LogP contribution < -0.4 is 4.74 Å². The number of likely N-dealkylation sites (N-methyl/N-ethyl adjacent to an activating group) is 1. The second kappa shape index (κ2) is 10.7. The van der Waals surface area contributed by atoms with Crippen LogP contribution in [-0.4, -0.2) is 56.4 Å². The number of halogens is 4. The molecule has 2 atom stereocenters. The second-order valence-corrected chi connectivity index (χ2v) is 10.1. The number of aromatic nitrogens is 3. The first-order chi connectivity index (χ1) is 19.7. The van der Waals surface area contributed by atoms with E-state index < -0.39 is 47.8 Å². The molecule has 212 valence electrons. The quantitative estimate of drug-likeness (QED) is 0.199. The van der Waals surface area contributed by atoms with Crippen LogP contribution >= 0.6 is 0 Å². The molecular weight excluding hydrogens is 540 g/mol. The topological polar surface area (TPSA) is 97.4 Å². The molecule has 0 bridgehead atoms. The number of fused-ring (bicyclic) bond motifs is 2. The van der Waals surface area contributed by atoms with E-state index in [-0.39, 0.29) is 40.0 Å². The molecule has 1 aliphatic rings. The van der Waals surface area contributed by atoms with Crippen LogP contribution in [0.2, 0.25) is 0 Å². The van der Waals surface area contributed by atoms with Gasteiger partial charge in [-0.25, -0.2) is 22.5 Å². The number of H-pyrrole nitrogens is 2. The molecule has 0 amide bonds. The van der Waals surface area contributed by atoms with Crippen molar-refractivity contribution in [3.8, 4) is 22.9 Å². The maximum Gasteiger partial charge on any atom is 0.199 e. The first-order valence-corrected chi connectivity index (χ1v) is 13.0. The largest absolute Gasteiger partial charge is 0.451 e. The molecule has 0 saturated heterocycles. The fraction of sp³-hybridized carbons (Fsp3) is 0.233. The van der Waals surface area contributed by atoms with Crippen LogP contribution in [-0.2, 0) is 12.8 Å². The maximum absolute atomic E-state index is 15.6. The van der Waals surface area contributed by atoms with Crippen molar-refractivity contribution in [2.24, 2.45) is 0 Å². The summed E-state index contributed by atoms with van der Waals surface area (Å²) >= 11 is 0. The summed E-state index contributed by atoms with van der Waals surface area (Å²) in [5.74, 6) is -3.41. The average Bonchev–Trinajstić information content (AvgIpc) is 3.60. The highest BCUT2D eigenvalue weighted by Crippen LogP contribution is 2.38. The van der Waals surface area contributed by atoms with E-state index in [0.29, 0.717) is 29.9 Å². The predicted molar refractivity (Wildman–Crippen MR) is 144 cm³/mol. The van der Waals surface area contributed by atoms with Gasteiger partial charge in [0.2, 0.25) is 0 Å². The molecule has 0 spiro atoms. The third-order valence-corrected chi connectivity index (χ3v) is 7.41. The monoisotopic (exact) mass is 566 g/mol. The Morgan fingerprint density at radius 1 is 1.07 bits per heavy atom. The number of ether oxygens (including phenoxy) is 1. The van der Waals surface area contributed by atoms with Crippen molar-refractivity contribution in [2.75, 3.05) is 20.2 Å². The molecule has 4 N–H and O–H groups in total. The van der Waals surface area contributed by atoms with Crippen molar-refractivity contribution in [3.05, 3.63) is 101 Å². The molecule has 3 heterocycles. The van der Waals surface area contributed by atoms with Crippen molar-refractivity contribution >= 4 is 10.9 Å². The van der Waals surface area contributed by atoms with Crippen LogP contribution in [0.3, 0.4) is 0 Å². The lowest BCUT2D eigenvalue weighted by atomic mass is 9.93. The molecule has 5 aromatic rings. The first-order valence-electron chi connectivity index (χ1n) is 13.0. The van der Waals surface area contributed by atoms with Gasteiger partial charge in [0.05, 0.1) is 35.5 Å². The number of hydrogen-bond acceptors (Lipinski definition) is 5. The molecular formula is C30H26F4N4O3. The van der Waals surface area contributed by atoms with Gasteiger partial charge in [0.1, 0.15) is 23.2 Å². The van der Waals surface area contributed by atoms with Crippen LogP contribution in [0.4, 0.5) is 17.6 Å². The minimum absolute atomic E-state index is 0.00156. The van der Waals surface area contributed by atoms with Gasteiger partial charge < -0.3 is 24.9 Å². The van der Waals surface area contributed by atoms with Gasteiger partial charge in [-0.05, 0) is 36.9 Å². The van der Waals surface area contributed by atoms with E-state index in [4.69, 9.17) is 4.74 Å². The number of rotatable bonds is 7. The van der Waals surface area contributed by atoms with Crippen molar-refractivity contribution in [1.82, 2.24) is 19.9 Å². The Hall–Kier alpha value is -4.19. The summed E-state index contributed by atoms with van der Waals surface area (Å²) in [5, 5.41) is 19.2. The molecule has 2 aromatic heterocycles. The summed E-state index contributed by atoms with van der Waals surface area (Å²) in [6.45, 7) is 0.0717. The molecule has 7 nitrogen and oxygen atoms in total. The van der Waals surface area contributed by atoms with Crippen LogP contribution in [0.15, 0.2) is 54.7 Å². The van der Waals surface area contributed by atoms with E-state index in [2.05, 4.69) is 15.0 Å². The zero-order valence-electron chi connectivity index (χ0n) is 21.9. The van der Waals surface area contributed by atoms with E-state index in [0.717, 1.165) is 12.1 Å². The fourth-order valence-electron chi connectivity index (χ4n) is 5.34. The molecule has 11 heteroatoms. The lowest BCUT2D eigenvalue weighted by Gasteiger charge is -2.32. The lowest BCUT2D eigenvalue weighted by molar-refractivity contribution is 0.0947. The SMILES string of the molecule is CN1CCc2[nH]c(-c3cc(Oc4c(F)cc5[nH]ccc5c4F)ccc3F)nc2C1c1cccc(CC(O)CO)c1F. The molecule has 6 rings (SSSR count). The molecule has 0 radical (unpaired) electrons. The normalized spacial score (nSPS) is 16.2. The van der Waals surface area contributed by atoms with Gasteiger partial charge in [0.15, 0.2) is 17.4 Å². The maximum atomic E-state index is 15.6. The Balaban J connectivity index is 1.36. The number of hydrogen-bond donors (Lipinski definition) is 4. The Bertz CT molecular complexity index is 1750. The zero-order valence-corrected chi connectivity index (χ0v) is 21.9. The van der Waals surface area contributed by atoms with E-state index in [1.807, 2.05) is 11.9 Å². The average molecular weight is 567 g/mol. The third kappa shape index (κ3) is 4.86. The fourth-order valence-corrected chi connectivity index (χ4v) is 5.34. The Morgan fingerprint density at radius 3 is 2.71 bits per heavy atom. The van der Waals surface area contributed by atoms with Crippen LogP contribution in [0.25, 0.3) is 22.3 Å². The Kier molecular flexibility index (Phi) is 7.02. The summed E-state index contributed by atoms with van der Waals surface area (Å²) in [6.07, 6.45) is 0.879. The summed E-state index contributed by atoms with van der Waals surface area (Å²) in [4.78, 5) is 12.5. The van der Waals surface area contributed by atoms with Gasteiger partial charge in [-0.1, -0.05) is 18.2 Å². The van der Waals surface area contributed by atoms with E-state index in [1.165, 1.54) is 24.4 Å². The minimum Gasteiger partial charge on any atom is -0.451 e. The molecule has 0 aliphatic carbocycles. The molecule has 2 unspecified atom stereocenters. The molecule has 41 heavy (non-hydrogen) atoms. The van der Waals surface area contributed by atoms with Crippen molar-refractivity contribution in [2.45, 2.75) is 25.0 Å². The number of nitrogens with one attached hydrogen (secondary N) is 2. The van der Waals surface area contributed by atoms with Crippen LogP contribution in [0, 0.1) is 23.3 Å². The van der Waals surface area contributed by atoms with Gasteiger partial charge in [-0.3, -0.25) is 4.90 Å². The minimum atomic E-state index is -1.10. The Morgan fingerprint density at radius 2 is 1.90 bits per heavy atom. The van der Waals surface area contributed by atoms with Gasteiger partial charge in [-0.2, -0.15) is 0 Å². The molecule has 3 aromatic carbocycles. The summed E-state index contributed by atoms with van der Waals surface area (Å²) < 4.78 is 65.8. The van der Waals surface area contributed by atoms with Gasteiger partial charge >= 0.3 is 0 Å². The van der Waals surface area contributed by atoms with Gasteiger partial charge in [0.25, 0.3) is 0 Å². The van der Waals surface area contributed by atoms with E-state index >= 15 is 8.78 Å². The standard InChI is InChI=1S/C30H26F4N4O3/c1-38-10-8-23-27(28(38)19-4-2-3-15(25(19)33)11-16(40)14-39)37-30(36-23)20-12-17(5-6-21(20)31)41-29-22(32)13-24-18(26(29)34)7-9-35-24/h2-7,9,12-13,16,28,35,39-40H,8,10-11,14H2,1H3,(H,36,37). The predicted octanol–water partition coefficient (Wildman–Crippen LogP) is 5.38. The van der Waals surface area contributed by atoms with E-state index in [1.54, 1.807) is 18.2 Å². The number of benzene rings is 3. The third-order valence-electron chi connectivity index (χ3n) is 7.41.